The van der Waals surface area contributed by atoms with Crippen LogP contribution in [0.4, 0.5) is 5.95 Å². The molecule has 1 aliphatic heterocycles. The Hall–Kier alpha value is -0.690. The maximum Gasteiger partial charge on any atom is 0.225 e. The lowest BCUT2D eigenvalue weighted by Crippen LogP contribution is -2.56. The minimum atomic E-state index is -3.04. The van der Waals surface area contributed by atoms with Crippen LogP contribution in [0.1, 0.15) is 26.7 Å². The van der Waals surface area contributed by atoms with Gasteiger partial charge < -0.3 is 4.90 Å². The number of sulfone groups is 1. The third-order valence-corrected chi connectivity index (χ3v) is 7.10. The van der Waals surface area contributed by atoms with Gasteiger partial charge in [-0.2, -0.15) is 0 Å². The van der Waals surface area contributed by atoms with Crippen molar-refractivity contribution in [3.63, 3.8) is 0 Å². The van der Waals surface area contributed by atoms with E-state index >= 15 is 0 Å². The number of hydrogen-bond acceptors (Lipinski definition) is 5. The SMILES string of the molecule is CCC1(CC)CN(c2ncc(Br)cn2)CCS1(=O)=O. The van der Waals surface area contributed by atoms with E-state index in [1.54, 1.807) is 12.4 Å². The first-order chi connectivity index (χ1) is 8.94. The minimum absolute atomic E-state index is 0.175. The summed E-state index contributed by atoms with van der Waals surface area (Å²) in [4.78, 5) is 10.5. The summed E-state index contributed by atoms with van der Waals surface area (Å²) in [5.74, 6) is 0.776. The van der Waals surface area contributed by atoms with Crippen molar-refractivity contribution in [1.82, 2.24) is 9.97 Å². The number of hydrogen-bond donors (Lipinski definition) is 0. The summed E-state index contributed by atoms with van der Waals surface area (Å²) in [6.07, 6.45) is 4.62. The summed E-state index contributed by atoms with van der Waals surface area (Å²) in [6.45, 7) is 4.82. The zero-order valence-electron chi connectivity index (χ0n) is 11.1. The zero-order chi connectivity index (χ0) is 14.1. The van der Waals surface area contributed by atoms with Crippen LogP contribution >= 0.6 is 15.9 Å². The van der Waals surface area contributed by atoms with Gasteiger partial charge in [0.25, 0.3) is 0 Å². The molecule has 5 nitrogen and oxygen atoms in total. The van der Waals surface area contributed by atoms with Crippen LogP contribution in [0, 0.1) is 0 Å². The number of aromatic nitrogens is 2. The maximum absolute atomic E-state index is 12.3. The van der Waals surface area contributed by atoms with Gasteiger partial charge >= 0.3 is 0 Å². The van der Waals surface area contributed by atoms with Crippen molar-refractivity contribution < 1.29 is 8.42 Å². The Kier molecular flexibility index (Phi) is 4.15. The first kappa shape index (κ1) is 14.7. The predicted octanol–water partition coefficient (Wildman–Crippen LogP) is 2.03. The van der Waals surface area contributed by atoms with Crippen molar-refractivity contribution in [2.24, 2.45) is 0 Å². The summed E-state index contributed by atoms with van der Waals surface area (Å²) in [7, 11) is -3.04. The lowest BCUT2D eigenvalue weighted by Gasteiger charge is -2.41. The highest BCUT2D eigenvalue weighted by Crippen LogP contribution is 2.32. The molecule has 1 saturated heterocycles. The van der Waals surface area contributed by atoms with Crippen molar-refractivity contribution in [2.75, 3.05) is 23.7 Å². The van der Waals surface area contributed by atoms with Gasteiger partial charge in [0.05, 0.1) is 15.0 Å². The summed E-state index contributed by atoms with van der Waals surface area (Å²) in [5.41, 5.74) is 0. The summed E-state index contributed by atoms with van der Waals surface area (Å²) >= 11 is 3.30. The Morgan fingerprint density at radius 1 is 1.32 bits per heavy atom. The number of rotatable bonds is 3. The second kappa shape index (κ2) is 5.36. The average molecular weight is 348 g/mol. The van der Waals surface area contributed by atoms with Crippen LogP contribution in [-0.4, -0.2) is 42.0 Å². The molecule has 0 bridgehead atoms. The van der Waals surface area contributed by atoms with Crippen molar-refractivity contribution in [2.45, 2.75) is 31.4 Å². The molecule has 0 N–H and O–H groups in total. The van der Waals surface area contributed by atoms with Gasteiger partial charge in [-0.25, -0.2) is 18.4 Å². The minimum Gasteiger partial charge on any atom is -0.338 e. The molecule has 0 spiro atoms. The van der Waals surface area contributed by atoms with Crippen molar-refractivity contribution in [3.05, 3.63) is 16.9 Å². The quantitative estimate of drug-likeness (QED) is 0.836. The Bertz CT molecular complexity index is 541. The molecule has 0 radical (unpaired) electrons. The Balaban J connectivity index is 2.30. The van der Waals surface area contributed by atoms with E-state index in [2.05, 4.69) is 25.9 Å². The van der Waals surface area contributed by atoms with Gasteiger partial charge in [0.1, 0.15) is 0 Å². The smallest absolute Gasteiger partial charge is 0.225 e. The van der Waals surface area contributed by atoms with Gasteiger partial charge in [-0.1, -0.05) is 13.8 Å². The van der Waals surface area contributed by atoms with E-state index in [0.29, 0.717) is 31.9 Å². The van der Waals surface area contributed by atoms with E-state index in [1.807, 2.05) is 18.7 Å². The molecule has 0 aromatic carbocycles. The topological polar surface area (TPSA) is 63.2 Å². The zero-order valence-corrected chi connectivity index (χ0v) is 13.5. The fraction of sp³-hybridized carbons (Fsp3) is 0.667. The molecule has 0 atom stereocenters. The van der Waals surface area contributed by atoms with E-state index in [4.69, 9.17) is 0 Å². The fourth-order valence-electron chi connectivity index (χ4n) is 2.53. The molecule has 19 heavy (non-hydrogen) atoms. The van der Waals surface area contributed by atoms with Gasteiger partial charge in [0, 0.05) is 25.5 Å². The fourth-order valence-corrected chi connectivity index (χ4v) is 4.86. The number of halogens is 1. The molecule has 0 unspecified atom stereocenters. The molecule has 0 aliphatic carbocycles. The molecule has 2 rings (SSSR count). The van der Waals surface area contributed by atoms with Crippen LogP contribution in [-0.2, 0) is 9.84 Å². The van der Waals surface area contributed by atoms with Gasteiger partial charge in [-0.15, -0.1) is 0 Å². The van der Waals surface area contributed by atoms with Gasteiger partial charge in [-0.05, 0) is 28.8 Å². The average Bonchev–Trinajstić information content (AvgIpc) is 2.40. The first-order valence-electron chi connectivity index (χ1n) is 6.39. The van der Waals surface area contributed by atoms with Crippen molar-refractivity contribution >= 4 is 31.7 Å². The molecule has 106 valence electrons. The molecule has 1 aromatic rings. The van der Waals surface area contributed by atoms with Crippen LogP contribution in [0.15, 0.2) is 16.9 Å². The highest BCUT2D eigenvalue weighted by molar-refractivity contribution is 9.10. The molecule has 1 fully saturated rings. The summed E-state index contributed by atoms with van der Waals surface area (Å²) in [5, 5.41) is 0. The Morgan fingerprint density at radius 2 is 1.89 bits per heavy atom. The highest BCUT2D eigenvalue weighted by Gasteiger charge is 2.45. The van der Waals surface area contributed by atoms with Crippen molar-refractivity contribution in [1.29, 1.82) is 0 Å². The predicted molar refractivity (Wildman–Crippen MR) is 79.0 cm³/mol. The molecule has 0 amide bonds. The molecule has 1 aromatic heterocycles. The second-order valence-corrected chi connectivity index (χ2v) is 8.25. The van der Waals surface area contributed by atoms with E-state index in [0.717, 1.165) is 4.47 Å². The van der Waals surface area contributed by atoms with E-state index in [-0.39, 0.29) is 5.75 Å². The second-order valence-electron chi connectivity index (χ2n) is 4.83. The van der Waals surface area contributed by atoms with E-state index in [9.17, 15) is 8.42 Å². The van der Waals surface area contributed by atoms with Crippen LogP contribution in [0.5, 0.6) is 0 Å². The molecule has 7 heteroatoms. The maximum atomic E-state index is 12.3. The third-order valence-electron chi connectivity index (χ3n) is 3.95. The highest BCUT2D eigenvalue weighted by atomic mass is 79.9. The first-order valence-corrected chi connectivity index (χ1v) is 8.83. The Morgan fingerprint density at radius 3 is 2.42 bits per heavy atom. The van der Waals surface area contributed by atoms with Crippen LogP contribution < -0.4 is 4.90 Å². The van der Waals surface area contributed by atoms with Gasteiger partial charge in [-0.3, -0.25) is 0 Å². The normalized spacial score (nSPS) is 21.3. The van der Waals surface area contributed by atoms with Crippen molar-refractivity contribution in [3.8, 4) is 0 Å². The number of anilines is 1. The molecular formula is C12H18BrN3O2S. The molecule has 0 saturated carbocycles. The van der Waals surface area contributed by atoms with Crippen LogP contribution in [0.3, 0.4) is 0 Å². The molecule has 2 heterocycles. The van der Waals surface area contributed by atoms with Gasteiger partial charge in [0.15, 0.2) is 9.84 Å². The third kappa shape index (κ3) is 2.63. The molecular weight excluding hydrogens is 330 g/mol. The molecule has 1 aliphatic rings. The van der Waals surface area contributed by atoms with E-state index < -0.39 is 14.6 Å². The lowest BCUT2D eigenvalue weighted by atomic mass is 10.0. The summed E-state index contributed by atoms with van der Waals surface area (Å²) in [6, 6.07) is 0. The van der Waals surface area contributed by atoms with Crippen LogP contribution in [0.25, 0.3) is 0 Å². The lowest BCUT2D eigenvalue weighted by molar-refractivity contribution is 0.456. The Labute approximate surface area is 122 Å². The summed E-state index contributed by atoms with van der Waals surface area (Å²) < 4.78 is 24.8. The van der Waals surface area contributed by atoms with E-state index in [1.165, 1.54) is 0 Å². The largest absolute Gasteiger partial charge is 0.338 e. The van der Waals surface area contributed by atoms with Gasteiger partial charge in [0.2, 0.25) is 5.95 Å². The standard InChI is InChI=1S/C12H18BrN3O2S/c1-3-12(4-2)9-16(5-6-19(12,17)18)11-14-7-10(13)8-15-11/h7-8H,3-6,9H2,1-2H3. The monoisotopic (exact) mass is 347 g/mol. The van der Waals surface area contributed by atoms with Crippen LogP contribution in [0.2, 0.25) is 0 Å². The number of nitrogens with zero attached hydrogens (tertiary/aromatic N) is 3.